The van der Waals surface area contributed by atoms with Crippen molar-refractivity contribution in [1.82, 2.24) is 20.2 Å². The highest BCUT2D eigenvalue weighted by Gasteiger charge is 2.51. The van der Waals surface area contributed by atoms with Crippen LogP contribution in [0.3, 0.4) is 0 Å². The molecular weight excluding hydrogens is 256 g/mol. The minimum absolute atomic E-state index is 0.426. The van der Waals surface area contributed by atoms with E-state index in [2.05, 4.69) is 15.5 Å². The van der Waals surface area contributed by atoms with Gasteiger partial charge in [0.1, 0.15) is 0 Å². The molecule has 0 amide bonds. The monoisotopic (exact) mass is 278 g/mol. The minimum Gasteiger partial charge on any atom is -0.481 e. The number of hydrogen-bond acceptors (Lipinski definition) is 4. The van der Waals surface area contributed by atoms with Crippen LogP contribution in [0.1, 0.15) is 57.2 Å². The molecule has 1 aromatic heterocycles. The minimum atomic E-state index is -0.716. The maximum absolute atomic E-state index is 11.2. The molecule has 2 fully saturated rings. The Kier molecular flexibility index (Phi) is 3.72. The number of hydrogen-bond donors (Lipinski definition) is 1. The van der Waals surface area contributed by atoms with E-state index in [4.69, 9.17) is 0 Å². The Morgan fingerprint density at radius 1 is 1.30 bits per heavy atom. The topological polar surface area (TPSA) is 80.9 Å². The molecule has 1 heterocycles. The summed E-state index contributed by atoms with van der Waals surface area (Å²) in [5, 5.41) is 21.0. The normalized spacial score (nSPS) is 21.8. The fourth-order valence-electron chi connectivity index (χ4n) is 3.21. The van der Waals surface area contributed by atoms with Crippen molar-refractivity contribution in [3.8, 4) is 0 Å². The van der Waals surface area contributed by atoms with Gasteiger partial charge in [-0.3, -0.25) is 4.79 Å². The molecule has 6 nitrogen and oxygen atoms in total. The highest BCUT2D eigenvalue weighted by atomic mass is 16.4. The lowest BCUT2D eigenvalue weighted by Gasteiger charge is -2.21. The predicted molar refractivity (Wildman–Crippen MR) is 72.0 cm³/mol. The Morgan fingerprint density at radius 2 is 2.05 bits per heavy atom. The van der Waals surface area contributed by atoms with Crippen LogP contribution in [-0.2, 0) is 17.8 Å². The number of carbonyl (C=O) groups is 1. The molecular formula is C14H22N4O2. The van der Waals surface area contributed by atoms with E-state index in [1.807, 2.05) is 0 Å². The maximum Gasteiger partial charge on any atom is 0.311 e. The van der Waals surface area contributed by atoms with Crippen LogP contribution in [-0.4, -0.2) is 31.3 Å². The van der Waals surface area contributed by atoms with Gasteiger partial charge >= 0.3 is 5.97 Å². The zero-order valence-electron chi connectivity index (χ0n) is 11.8. The van der Waals surface area contributed by atoms with Crippen molar-refractivity contribution in [2.75, 3.05) is 0 Å². The SMILES string of the molecule is O=C(O)C1(Cn2nnnc2CCC2CCCCC2)CC1. The first-order chi connectivity index (χ1) is 9.70. The molecule has 2 aliphatic carbocycles. The van der Waals surface area contributed by atoms with Gasteiger partial charge in [-0.15, -0.1) is 5.10 Å². The molecule has 110 valence electrons. The van der Waals surface area contributed by atoms with Crippen molar-refractivity contribution in [2.24, 2.45) is 11.3 Å². The number of aliphatic carboxylic acids is 1. The van der Waals surface area contributed by atoms with E-state index < -0.39 is 11.4 Å². The molecule has 1 N–H and O–H groups in total. The van der Waals surface area contributed by atoms with Crippen LogP contribution < -0.4 is 0 Å². The molecule has 0 aliphatic heterocycles. The number of rotatable bonds is 6. The second-order valence-electron chi connectivity index (χ2n) is 6.38. The number of carboxylic acid groups (broad SMARTS) is 1. The van der Waals surface area contributed by atoms with E-state index in [1.165, 1.54) is 32.1 Å². The average Bonchev–Trinajstić information content (AvgIpc) is 3.11. The molecule has 20 heavy (non-hydrogen) atoms. The molecule has 0 bridgehead atoms. The standard InChI is InChI=1S/C14H22N4O2/c19-13(20)14(8-9-14)10-18-12(15-16-17-18)7-6-11-4-2-1-3-5-11/h11H,1-10H2,(H,19,20). The van der Waals surface area contributed by atoms with Gasteiger partial charge in [-0.05, 0) is 35.6 Å². The molecule has 1 aromatic rings. The molecule has 0 radical (unpaired) electrons. The van der Waals surface area contributed by atoms with E-state index in [0.717, 1.165) is 37.4 Å². The number of carboxylic acids is 1. The van der Waals surface area contributed by atoms with Gasteiger partial charge in [-0.1, -0.05) is 32.1 Å². The summed E-state index contributed by atoms with van der Waals surface area (Å²) >= 11 is 0. The summed E-state index contributed by atoms with van der Waals surface area (Å²) in [5.74, 6) is 0.928. The smallest absolute Gasteiger partial charge is 0.311 e. The van der Waals surface area contributed by atoms with Crippen LogP contribution in [0.25, 0.3) is 0 Å². The summed E-state index contributed by atoms with van der Waals surface area (Å²) in [5.41, 5.74) is -0.602. The lowest BCUT2D eigenvalue weighted by molar-refractivity contribution is -0.144. The van der Waals surface area contributed by atoms with Gasteiger partial charge < -0.3 is 5.11 Å². The first-order valence-electron chi connectivity index (χ1n) is 7.68. The fraction of sp³-hybridized carbons (Fsp3) is 0.857. The third-order valence-electron chi connectivity index (χ3n) is 4.87. The van der Waals surface area contributed by atoms with Gasteiger partial charge in [0.2, 0.25) is 0 Å². The molecule has 2 saturated carbocycles. The van der Waals surface area contributed by atoms with Crippen LogP contribution in [0.2, 0.25) is 0 Å². The van der Waals surface area contributed by atoms with Crippen LogP contribution in [0.4, 0.5) is 0 Å². The Balaban J connectivity index is 1.57. The van der Waals surface area contributed by atoms with Gasteiger partial charge in [0, 0.05) is 6.42 Å². The van der Waals surface area contributed by atoms with E-state index >= 15 is 0 Å². The Hall–Kier alpha value is -1.46. The lowest BCUT2D eigenvalue weighted by atomic mass is 9.86. The number of tetrazole rings is 1. The van der Waals surface area contributed by atoms with Crippen LogP contribution in [0.5, 0.6) is 0 Å². The summed E-state index contributed by atoms with van der Waals surface area (Å²) < 4.78 is 1.71. The molecule has 0 spiro atoms. The van der Waals surface area contributed by atoms with Crippen molar-refractivity contribution >= 4 is 5.97 Å². The molecule has 3 rings (SSSR count). The zero-order chi connectivity index (χ0) is 14.0. The van der Waals surface area contributed by atoms with Crippen LogP contribution in [0.15, 0.2) is 0 Å². The molecule has 2 aliphatic rings. The number of aryl methyl sites for hydroxylation is 1. The largest absolute Gasteiger partial charge is 0.481 e. The summed E-state index contributed by atoms with van der Waals surface area (Å²) in [4.78, 5) is 11.2. The van der Waals surface area contributed by atoms with E-state index in [1.54, 1.807) is 4.68 Å². The molecule has 0 aromatic carbocycles. The van der Waals surface area contributed by atoms with Gasteiger partial charge in [0.25, 0.3) is 0 Å². The number of aromatic nitrogens is 4. The average molecular weight is 278 g/mol. The molecule has 0 saturated heterocycles. The lowest BCUT2D eigenvalue weighted by Crippen LogP contribution is -2.23. The first kappa shape index (κ1) is 13.5. The van der Waals surface area contributed by atoms with E-state index in [0.29, 0.717) is 6.54 Å². The second kappa shape index (κ2) is 5.50. The number of nitrogens with zero attached hydrogens (tertiary/aromatic N) is 4. The van der Waals surface area contributed by atoms with Gasteiger partial charge in [-0.25, -0.2) is 4.68 Å². The Morgan fingerprint density at radius 3 is 2.70 bits per heavy atom. The van der Waals surface area contributed by atoms with Crippen molar-refractivity contribution in [3.05, 3.63) is 5.82 Å². The molecule has 6 heteroatoms. The Labute approximate surface area is 118 Å². The van der Waals surface area contributed by atoms with Crippen LogP contribution >= 0.6 is 0 Å². The summed E-state index contributed by atoms with van der Waals surface area (Å²) in [6.07, 6.45) is 10.2. The van der Waals surface area contributed by atoms with Gasteiger partial charge in [-0.2, -0.15) is 0 Å². The van der Waals surface area contributed by atoms with Gasteiger partial charge in [0.15, 0.2) is 5.82 Å². The maximum atomic E-state index is 11.2. The molecule has 0 unspecified atom stereocenters. The highest BCUT2D eigenvalue weighted by molar-refractivity contribution is 5.77. The fourth-order valence-corrected chi connectivity index (χ4v) is 3.21. The highest BCUT2D eigenvalue weighted by Crippen LogP contribution is 2.47. The van der Waals surface area contributed by atoms with Crippen LogP contribution in [0, 0.1) is 11.3 Å². The zero-order valence-corrected chi connectivity index (χ0v) is 11.8. The molecule has 0 atom stereocenters. The van der Waals surface area contributed by atoms with Crippen molar-refractivity contribution in [1.29, 1.82) is 0 Å². The van der Waals surface area contributed by atoms with Crippen molar-refractivity contribution in [2.45, 2.75) is 64.3 Å². The van der Waals surface area contributed by atoms with Gasteiger partial charge in [0.05, 0.1) is 12.0 Å². The second-order valence-corrected chi connectivity index (χ2v) is 6.38. The third-order valence-corrected chi connectivity index (χ3v) is 4.87. The van der Waals surface area contributed by atoms with Crippen molar-refractivity contribution in [3.63, 3.8) is 0 Å². The van der Waals surface area contributed by atoms with E-state index in [-0.39, 0.29) is 0 Å². The predicted octanol–water partition coefficient (Wildman–Crippen LogP) is 2.05. The summed E-state index contributed by atoms with van der Waals surface area (Å²) in [6.45, 7) is 0.426. The van der Waals surface area contributed by atoms with Crippen molar-refractivity contribution < 1.29 is 9.90 Å². The third kappa shape index (κ3) is 2.83. The summed E-state index contributed by atoms with van der Waals surface area (Å²) in [6, 6.07) is 0. The summed E-state index contributed by atoms with van der Waals surface area (Å²) in [7, 11) is 0. The Bertz CT molecular complexity index is 475. The quantitative estimate of drug-likeness (QED) is 0.861. The first-order valence-corrected chi connectivity index (χ1v) is 7.68. The van der Waals surface area contributed by atoms with E-state index in [9.17, 15) is 9.90 Å².